The van der Waals surface area contributed by atoms with E-state index in [1.165, 1.54) is 0 Å². The van der Waals surface area contributed by atoms with Gasteiger partial charge >= 0.3 is 12.2 Å². The van der Waals surface area contributed by atoms with Crippen molar-refractivity contribution in [2.75, 3.05) is 6.54 Å². The summed E-state index contributed by atoms with van der Waals surface area (Å²) in [5.41, 5.74) is 2.08. The van der Waals surface area contributed by atoms with Crippen LogP contribution < -0.4 is 10.6 Å². The van der Waals surface area contributed by atoms with E-state index >= 15 is 0 Å². The van der Waals surface area contributed by atoms with Gasteiger partial charge < -0.3 is 19.9 Å². The number of pyridine rings is 1. The third kappa shape index (κ3) is 5.42. The van der Waals surface area contributed by atoms with Crippen LogP contribution in [0.1, 0.15) is 59.2 Å². The fourth-order valence-electron chi connectivity index (χ4n) is 4.90. The van der Waals surface area contributed by atoms with Crippen LogP contribution in [0.3, 0.4) is 0 Å². The van der Waals surface area contributed by atoms with Gasteiger partial charge in [0.05, 0.1) is 35.7 Å². The van der Waals surface area contributed by atoms with Crippen molar-refractivity contribution in [2.45, 2.75) is 63.3 Å². The maximum Gasteiger partial charge on any atom is 0.410 e. The second-order valence-corrected chi connectivity index (χ2v) is 10.3. The highest BCUT2D eigenvalue weighted by Crippen LogP contribution is 2.41. The minimum absolute atomic E-state index is 0.0505. The predicted molar refractivity (Wildman–Crippen MR) is 126 cm³/mol. The van der Waals surface area contributed by atoms with Crippen LogP contribution in [0.5, 0.6) is 0 Å². The predicted octanol–water partition coefficient (Wildman–Crippen LogP) is 4.25. The topological polar surface area (TPSA) is 105 Å². The van der Waals surface area contributed by atoms with E-state index in [-0.39, 0.29) is 43.8 Å². The monoisotopic (exact) mass is 557 g/mol. The number of halogens is 5. The summed E-state index contributed by atoms with van der Waals surface area (Å²) in [5.74, 6) is -3.51. The largest absolute Gasteiger partial charge is 0.410 e. The maximum atomic E-state index is 13.9. The van der Waals surface area contributed by atoms with E-state index < -0.39 is 42.7 Å². The molecule has 38 heavy (non-hydrogen) atoms. The number of alkyl halides is 5. The third-order valence-electron chi connectivity index (χ3n) is 7.01. The number of amides is 3. The first-order valence-corrected chi connectivity index (χ1v) is 12.7. The molecule has 3 aromatic heterocycles. The lowest BCUT2D eigenvalue weighted by atomic mass is 9.81. The number of carbonyl (C=O) groups is 2. The van der Waals surface area contributed by atoms with Gasteiger partial charge in [-0.05, 0) is 43.4 Å². The first kappa shape index (κ1) is 26.3. The zero-order valence-corrected chi connectivity index (χ0v) is 21.0. The van der Waals surface area contributed by atoms with Gasteiger partial charge in [-0.15, -0.1) is 0 Å². The molecule has 0 bridgehead atoms. The van der Waals surface area contributed by atoms with Crippen molar-refractivity contribution in [3.8, 4) is 0 Å². The molecule has 9 nitrogen and oxygen atoms in total. The molecule has 0 radical (unpaired) electrons. The molecular formula is C23H24F5N7O2S. The molecule has 1 aliphatic heterocycles. The van der Waals surface area contributed by atoms with Crippen LogP contribution in [0.15, 0.2) is 24.5 Å². The highest BCUT2D eigenvalue weighted by atomic mass is 32.1. The fraction of sp³-hybridized carbons (Fsp3) is 0.522. The van der Waals surface area contributed by atoms with Crippen LogP contribution in [0.4, 0.5) is 26.7 Å². The van der Waals surface area contributed by atoms with Crippen LogP contribution in [-0.4, -0.2) is 59.7 Å². The number of aryl methyl sites for hydroxylation is 1. The number of hydrogen-bond acceptors (Lipinski definition) is 6. The molecule has 0 spiro atoms. The van der Waals surface area contributed by atoms with E-state index in [4.69, 9.17) is 0 Å². The second kappa shape index (κ2) is 9.75. The van der Waals surface area contributed by atoms with Crippen LogP contribution in [0, 0.1) is 12.8 Å². The zero-order chi connectivity index (χ0) is 27.2. The number of urea groups is 1. The number of carbonyl (C=O) groups excluding carboxylic acids is 2. The first-order chi connectivity index (χ1) is 17.9. The second-order valence-electron chi connectivity index (χ2n) is 9.73. The molecule has 4 heterocycles. The van der Waals surface area contributed by atoms with Crippen LogP contribution in [0.2, 0.25) is 0 Å². The van der Waals surface area contributed by atoms with Gasteiger partial charge in [0.1, 0.15) is 11.7 Å². The summed E-state index contributed by atoms with van der Waals surface area (Å²) in [7, 11) is 0. The molecule has 2 atom stereocenters. The highest BCUT2D eigenvalue weighted by molar-refractivity contribution is 6.99. The van der Waals surface area contributed by atoms with Gasteiger partial charge in [-0.2, -0.15) is 21.9 Å². The minimum Gasteiger partial charge on any atom is -0.342 e. The van der Waals surface area contributed by atoms with Crippen molar-refractivity contribution in [3.05, 3.63) is 47.2 Å². The van der Waals surface area contributed by atoms with Crippen molar-refractivity contribution < 1.29 is 31.5 Å². The molecule has 2 fully saturated rings. The van der Waals surface area contributed by atoms with Gasteiger partial charge in [0.15, 0.2) is 5.69 Å². The molecule has 2 aliphatic rings. The summed E-state index contributed by atoms with van der Waals surface area (Å²) in [6, 6.07) is -0.105. The normalized spacial score (nSPS) is 21.1. The lowest BCUT2D eigenvalue weighted by Gasteiger charge is -2.33. The number of nitrogens with one attached hydrogen (secondary N) is 2. The SMILES string of the molecule is Cc1nsnc1C(=O)N[C@H](c1cn2ccc(CN3C[C@@H](C(F)(F)F)NC3=O)cc2n1)C1CCC(F)(F)CC1. The molecule has 3 aromatic rings. The van der Waals surface area contributed by atoms with Gasteiger partial charge in [-0.25, -0.2) is 18.6 Å². The molecule has 1 saturated heterocycles. The van der Waals surface area contributed by atoms with Gasteiger partial charge in [0.25, 0.3) is 5.91 Å². The van der Waals surface area contributed by atoms with E-state index in [1.54, 1.807) is 35.9 Å². The molecule has 0 unspecified atom stereocenters. The Kier molecular flexibility index (Phi) is 6.73. The summed E-state index contributed by atoms with van der Waals surface area (Å²) in [4.78, 5) is 30.7. The average molecular weight is 558 g/mol. The van der Waals surface area contributed by atoms with Crippen molar-refractivity contribution in [1.29, 1.82) is 0 Å². The molecule has 2 N–H and O–H groups in total. The Bertz CT molecular complexity index is 1350. The quantitative estimate of drug-likeness (QED) is 0.441. The van der Waals surface area contributed by atoms with E-state index in [1.807, 2.05) is 5.32 Å². The van der Waals surface area contributed by atoms with E-state index in [9.17, 15) is 31.5 Å². The smallest absolute Gasteiger partial charge is 0.342 e. The van der Waals surface area contributed by atoms with Gasteiger partial charge in [-0.1, -0.05) is 0 Å². The van der Waals surface area contributed by atoms with Crippen molar-refractivity contribution in [3.63, 3.8) is 0 Å². The zero-order valence-electron chi connectivity index (χ0n) is 20.1. The lowest BCUT2D eigenvalue weighted by molar-refractivity contribution is -0.149. The number of fused-ring (bicyclic) bond motifs is 1. The van der Waals surface area contributed by atoms with Crippen molar-refractivity contribution in [2.24, 2.45) is 5.92 Å². The minimum atomic E-state index is -4.54. The summed E-state index contributed by atoms with van der Waals surface area (Å²) in [6.45, 7) is 1.10. The summed E-state index contributed by atoms with van der Waals surface area (Å²) in [5, 5.41) is 4.84. The Hall–Kier alpha value is -3.36. The number of hydrogen-bond donors (Lipinski definition) is 2. The Balaban J connectivity index is 1.38. The third-order valence-corrected chi connectivity index (χ3v) is 7.63. The average Bonchev–Trinajstić information content (AvgIpc) is 3.56. The summed E-state index contributed by atoms with van der Waals surface area (Å²) >= 11 is 0.898. The number of rotatable bonds is 6. The Morgan fingerprint density at radius 1 is 1.29 bits per heavy atom. The highest BCUT2D eigenvalue weighted by Gasteiger charge is 2.46. The Morgan fingerprint density at radius 3 is 2.66 bits per heavy atom. The molecule has 3 amide bonds. The van der Waals surface area contributed by atoms with E-state index in [2.05, 4.69) is 19.0 Å². The maximum absolute atomic E-state index is 13.9. The summed E-state index contributed by atoms with van der Waals surface area (Å²) < 4.78 is 76.4. The summed E-state index contributed by atoms with van der Waals surface area (Å²) in [6.07, 6.45) is -1.41. The van der Waals surface area contributed by atoms with Crippen LogP contribution >= 0.6 is 11.7 Å². The van der Waals surface area contributed by atoms with E-state index in [0.29, 0.717) is 22.6 Å². The standard InChI is InChI=1S/C23H24F5N7O2S/c1-12-18(33-38-32-12)20(36)31-19(14-2-5-22(24,25)6-3-14)15-10-34-7-4-13(8-17(34)29-15)9-35-11-16(23(26,27)28)30-21(35)37/h4,7-8,10,14,16,19H,2-3,5-6,9,11H2,1H3,(H,30,37)(H,31,36)/t16-,19-/m0/s1. The Morgan fingerprint density at radius 2 is 2.03 bits per heavy atom. The van der Waals surface area contributed by atoms with Crippen LogP contribution in [-0.2, 0) is 6.54 Å². The van der Waals surface area contributed by atoms with Crippen LogP contribution in [0.25, 0.3) is 5.65 Å². The Labute approximate surface area is 217 Å². The number of nitrogens with zero attached hydrogens (tertiary/aromatic N) is 5. The lowest BCUT2D eigenvalue weighted by Crippen LogP contribution is -2.40. The number of aromatic nitrogens is 4. The first-order valence-electron chi connectivity index (χ1n) is 12.0. The molecule has 15 heteroatoms. The molecule has 1 saturated carbocycles. The molecule has 204 valence electrons. The fourth-order valence-corrected chi connectivity index (χ4v) is 5.45. The van der Waals surface area contributed by atoms with Gasteiger partial charge in [0.2, 0.25) is 5.92 Å². The molecule has 5 rings (SSSR count). The number of imidazole rings is 1. The molecule has 1 aliphatic carbocycles. The van der Waals surface area contributed by atoms with Crippen molar-refractivity contribution >= 4 is 29.3 Å². The molecule has 0 aromatic carbocycles. The van der Waals surface area contributed by atoms with Gasteiger partial charge in [0, 0.05) is 31.8 Å². The van der Waals surface area contributed by atoms with Gasteiger partial charge in [-0.3, -0.25) is 4.79 Å². The van der Waals surface area contributed by atoms with E-state index in [0.717, 1.165) is 16.6 Å². The van der Waals surface area contributed by atoms with Crippen molar-refractivity contribution in [1.82, 2.24) is 33.7 Å². The molecular weight excluding hydrogens is 533 g/mol.